The molecular formula is C62H41N. The Morgan fingerprint density at radius 1 is 0.254 bits per heavy atom. The summed E-state index contributed by atoms with van der Waals surface area (Å²) >= 11 is 0. The van der Waals surface area contributed by atoms with Crippen molar-refractivity contribution >= 4 is 17.1 Å². The van der Waals surface area contributed by atoms with Crippen molar-refractivity contribution in [1.29, 1.82) is 0 Å². The Labute approximate surface area is 368 Å². The molecule has 0 amide bonds. The van der Waals surface area contributed by atoms with Crippen molar-refractivity contribution in [2.24, 2.45) is 0 Å². The highest BCUT2D eigenvalue weighted by Crippen LogP contribution is 2.69. The van der Waals surface area contributed by atoms with Gasteiger partial charge in [-0.25, -0.2) is 0 Å². The third-order valence-corrected chi connectivity index (χ3v) is 14.1. The normalized spacial score (nSPS) is 14.0. The molecule has 0 aromatic heterocycles. The van der Waals surface area contributed by atoms with Crippen molar-refractivity contribution in [2.45, 2.75) is 10.8 Å². The van der Waals surface area contributed by atoms with Gasteiger partial charge in [0.15, 0.2) is 0 Å². The summed E-state index contributed by atoms with van der Waals surface area (Å²) in [6, 6.07) is 93.0. The highest BCUT2D eigenvalue weighted by atomic mass is 15.1. The second-order valence-corrected chi connectivity index (χ2v) is 17.1. The number of rotatable bonds is 6. The van der Waals surface area contributed by atoms with Gasteiger partial charge in [-0.2, -0.15) is 0 Å². The van der Waals surface area contributed by atoms with Crippen molar-refractivity contribution in [3.05, 3.63) is 293 Å². The van der Waals surface area contributed by atoms with Gasteiger partial charge in [-0.1, -0.05) is 218 Å². The van der Waals surface area contributed by atoms with Crippen LogP contribution < -0.4 is 4.90 Å². The van der Waals surface area contributed by atoms with Crippen LogP contribution in [0.4, 0.5) is 17.1 Å². The maximum atomic E-state index is 2.66. The van der Waals surface area contributed by atoms with Crippen LogP contribution in [0.15, 0.2) is 249 Å². The Morgan fingerprint density at radius 2 is 0.651 bits per heavy atom. The zero-order valence-electron chi connectivity index (χ0n) is 34.6. The lowest BCUT2D eigenvalue weighted by Gasteiger charge is -2.37. The monoisotopic (exact) mass is 799 g/mol. The van der Waals surface area contributed by atoms with E-state index in [0.29, 0.717) is 0 Å². The van der Waals surface area contributed by atoms with Crippen LogP contribution in [0.5, 0.6) is 0 Å². The molecule has 10 aromatic rings. The first-order valence-corrected chi connectivity index (χ1v) is 22.0. The highest BCUT2D eigenvalue weighted by Gasteiger charge is 2.56. The standard InChI is InChI=1S/C62H41N/c1-6-22-42(23-7-1)43-38-39-55-51(40-43)59-56(61(55,44-24-8-2-9-25-44)45-26-10-3-11-27-45)41-57-58(60(59)63(46-28-12-4-13-29-46)47-30-14-5-15-31-47)50-34-18-21-37-54(50)62(57)52-35-19-16-32-48(52)49-33-17-20-36-53(49)62/h1-41H. The molecular weight excluding hydrogens is 759 g/mol. The van der Waals surface area contributed by atoms with Crippen molar-refractivity contribution in [3.63, 3.8) is 0 Å². The third kappa shape index (κ3) is 4.82. The molecule has 0 atom stereocenters. The largest absolute Gasteiger partial charge is 0.309 e. The van der Waals surface area contributed by atoms with Crippen LogP contribution in [0.2, 0.25) is 0 Å². The van der Waals surface area contributed by atoms with Gasteiger partial charge in [0.2, 0.25) is 0 Å². The summed E-state index contributed by atoms with van der Waals surface area (Å²) in [4.78, 5) is 2.56. The summed E-state index contributed by atoms with van der Waals surface area (Å²) in [5.41, 5.74) is 22.6. The fourth-order valence-corrected chi connectivity index (χ4v) is 11.8. The van der Waals surface area contributed by atoms with E-state index in [-0.39, 0.29) is 0 Å². The maximum Gasteiger partial charge on any atom is 0.0726 e. The lowest BCUT2D eigenvalue weighted by molar-refractivity contribution is 0.753. The van der Waals surface area contributed by atoms with Crippen LogP contribution in [-0.4, -0.2) is 0 Å². The molecule has 0 saturated heterocycles. The molecule has 13 rings (SSSR count). The van der Waals surface area contributed by atoms with Crippen LogP contribution in [0, 0.1) is 0 Å². The molecule has 3 aliphatic rings. The molecule has 0 bridgehead atoms. The zero-order valence-corrected chi connectivity index (χ0v) is 34.6. The Hall–Kier alpha value is -8.00. The predicted octanol–water partition coefficient (Wildman–Crippen LogP) is 15.5. The average molecular weight is 800 g/mol. The Balaban J connectivity index is 1.30. The van der Waals surface area contributed by atoms with E-state index in [2.05, 4.69) is 254 Å². The van der Waals surface area contributed by atoms with Crippen LogP contribution >= 0.6 is 0 Å². The van der Waals surface area contributed by atoms with Gasteiger partial charge < -0.3 is 4.90 Å². The molecule has 63 heavy (non-hydrogen) atoms. The minimum Gasteiger partial charge on any atom is -0.309 e. The second kappa shape index (κ2) is 13.8. The fourth-order valence-electron chi connectivity index (χ4n) is 11.8. The molecule has 3 aliphatic carbocycles. The van der Waals surface area contributed by atoms with E-state index >= 15 is 0 Å². The van der Waals surface area contributed by atoms with Gasteiger partial charge in [-0.05, 0) is 108 Å². The lowest BCUT2D eigenvalue weighted by Crippen LogP contribution is -2.30. The third-order valence-electron chi connectivity index (χ3n) is 14.1. The minimum atomic E-state index is -0.654. The first kappa shape index (κ1) is 35.7. The van der Waals surface area contributed by atoms with Gasteiger partial charge >= 0.3 is 0 Å². The van der Waals surface area contributed by atoms with E-state index < -0.39 is 10.8 Å². The van der Waals surface area contributed by atoms with E-state index in [1.165, 1.54) is 94.7 Å². The van der Waals surface area contributed by atoms with Crippen molar-refractivity contribution in [1.82, 2.24) is 0 Å². The van der Waals surface area contributed by atoms with Gasteiger partial charge in [-0.15, -0.1) is 0 Å². The SMILES string of the molecule is c1ccc(-c2ccc3c(c2)-c2c(cc4c(c2N(c2ccccc2)c2ccccc2)-c2ccccc2C42c4ccccc4-c4ccccc42)C3(c2ccccc2)c2ccccc2)cc1. The zero-order chi connectivity index (χ0) is 41.5. The van der Waals surface area contributed by atoms with E-state index in [0.717, 1.165) is 11.4 Å². The maximum absolute atomic E-state index is 2.66. The van der Waals surface area contributed by atoms with Crippen LogP contribution in [-0.2, 0) is 10.8 Å². The summed E-state index contributed by atoms with van der Waals surface area (Å²) in [5.74, 6) is 0. The van der Waals surface area contributed by atoms with E-state index in [1.807, 2.05) is 0 Å². The summed E-state index contributed by atoms with van der Waals surface area (Å²) in [6.07, 6.45) is 0. The molecule has 1 heteroatoms. The summed E-state index contributed by atoms with van der Waals surface area (Å²) in [6.45, 7) is 0. The Kier molecular flexibility index (Phi) is 7.80. The van der Waals surface area contributed by atoms with Gasteiger partial charge in [0.1, 0.15) is 0 Å². The number of para-hydroxylation sites is 2. The molecule has 0 aliphatic heterocycles. The van der Waals surface area contributed by atoms with E-state index in [1.54, 1.807) is 0 Å². The van der Waals surface area contributed by atoms with Gasteiger partial charge in [0.25, 0.3) is 0 Å². The number of benzene rings is 10. The van der Waals surface area contributed by atoms with Crippen molar-refractivity contribution in [2.75, 3.05) is 4.90 Å². The van der Waals surface area contributed by atoms with Gasteiger partial charge in [0, 0.05) is 22.5 Å². The van der Waals surface area contributed by atoms with Gasteiger partial charge in [0.05, 0.1) is 16.5 Å². The average Bonchev–Trinajstić information content (AvgIpc) is 3.95. The predicted molar refractivity (Wildman–Crippen MR) is 260 cm³/mol. The van der Waals surface area contributed by atoms with Crippen LogP contribution in [0.25, 0.3) is 44.5 Å². The van der Waals surface area contributed by atoms with E-state index in [4.69, 9.17) is 0 Å². The molecule has 0 unspecified atom stereocenters. The van der Waals surface area contributed by atoms with Crippen LogP contribution in [0.3, 0.4) is 0 Å². The topological polar surface area (TPSA) is 3.24 Å². The van der Waals surface area contributed by atoms with Gasteiger partial charge in [-0.3, -0.25) is 0 Å². The fraction of sp³-hybridized carbons (Fsp3) is 0.0323. The van der Waals surface area contributed by atoms with Crippen molar-refractivity contribution < 1.29 is 0 Å². The van der Waals surface area contributed by atoms with E-state index in [9.17, 15) is 0 Å². The molecule has 0 radical (unpaired) electrons. The molecule has 10 aromatic carbocycles. The number of anilines is 3. The number of fused-ring (bicyclic) bond motifs is 13. The van der Waals surface area contributed by atoms with Crippen molar-refractivity contribution in [3.8, 4) is 44.5 Å². The van der Waals surface area contributed by atoms with Crippen LogP contribution in [0.1, 0.15) is 44.5 Å². The smallest absolute Gasteiger partial charge is 0.0726 e. The minimum absolute atomic E-state index is 0.564. The lowest BCUT2D eigenvalue weighted by atomic mass is 9.65. The molecule has 0 heterocycles. The summed E-state index contributed by atoms with van der Waals surface area (Å²) < 4.78 is 0. The molecule has 0 saturated carbocycles. The summed E-state index contributed by atoms with van der Waals surface area (Å²) in [5, 5.41) is 0. The first-order chi connectivity index (χ1) is 31.3. The molecule has 294 valence electrons. The molecule has 0 fully saturated rings. The second-order valence-electron chi connectivity index (χ2n) is 17.1. The number of nitrogens with zero attached hydrogens (tertiary/aromatic N) is 1. The quantitative estimate of drug-likeness (QED) is 0.162. The Bertz CT molecular complexity index is 3250. The molecule has 0 N–H and O–H groups in total. The molecule has 1 spiro atoms. The summed E-state index contributed by atoms with van der Waals surface area (Å²) in [7, 11) is 0. The first-order valence-electron chi connectivity index (χ1n) is 22.0. The number of hydrogen-bond acceptors (Lipinski definition) is 1. The number of hydrogen-bond donors (Lipinski definition) is 0. The Morgan fingerprint density at radius 3 is 1.19 bits per heavy atom. The molecule has 1 nitrogen and oxygen atoms in total. The highest BCUT2D eigenvalue weighted by molar-refractivity contribution is 6.09.